The van der Waals surface area contributed by atoms with E-state index in [2.05, 4.69) is 27.4 Å². The van der Waals surface area contributed by atoms with Crippen LogP contribution in [0.15, 0.2) is 12.7 Å². The fourth-order valence-corrected chi connectivity index (χ4v) is 2.31. The second-order valence-electron chi connectivity index (χ2n) is 5.52. The van der Waals surface area contributed by atoms with Crippen molar-refractivity contribution in [2.24, 2.45) is 11.3 Å². The van der Waals surface area contributed by atoms with Gasteiger partial charge in [-0.05, 0) is 43.4 Å². The molecule has 0 amide bonds. The summed E-state index contributed by atoms with van der Waals surface area (Å²) < 4.78 is 13.5. The molecule has 1 heteroatoms. The van der Waals surface area contributed by atoms with E-state index in [1.54, 1.807) is 0 Å². The molecule has 96 valence electrons. The SMILES string of the molecule is C=C[C@H](C)CC[C@@](C)(CCC)C[C@H](F)CC. The lowest BCUT2D eigenvalue weighted by Gasteiger charge is -2.31. The molecular formula is C15H29F. The molecule has 0 heterocycles. The smallest absolute Gasteiger partial charge is 0.100 e. The molecule has 0 aliphatic heterocycles. The van der Waals surface area contributed by atoms with Crippen molar-refractivity contribution in [3.05, 3.63) is 12.7 Å². The van der Waals surface area contributed by atoms with E-state index in [-0.39, 0.29) is 5.41 Å². The molecule has 0 aliphatic rings. The summed E-state index contributed by atoms with van der Waals surface area (Å²) >= 11 is 0. The van der Waals surface area contributed by atoms with Crippen LogP contribution >= 0.6 is 0 Å². The number of halogens is 1. The molecule has 0 aliphatic carbocycles. The molecule has 0 saturated heterocycles. The predicted molar refractivity (Wildman–Crippen MR) is 71.4 cm³/mol. The highest BCUT2D eigenvalue weighted by Gasteiger charge is 2.26. The first-order chi connectivity index (χ1) is 7.47. The minimum Gasteiger partial charge on any atom is -0.247 e. The van der Waals surface area contributed by atoms with Crippen LogP contribution in [0.25, 0.3) is 0 Å². The highest BCUT2D eigenvalue weighted by molar-refractivity contribution is 4.82. The molecule has 0 N–H and O–H groups in total. The molecule has 0 spiro atoms. The van der Waals surface area contributed by atoms with Crippen LogP contribution in [0.5, 0.6) is 0 Å². The Balaban J connectivity index is 4.25. The fraction of sp³-hybridized carbons (Fsp3) is 0.867. The van der Waals surface area contributed by atoms with Gasteiger partial charge in [-0.2, -0.15) is 0 Å². The van der Waals surface area contributed by atoms with E-state index < -0.39 is 6.17 Å². The molecule has 0 aromatic rings. The molecule has 0 unspecified atom stereocenters. The third kappa shape index (κ3) is 6.30. The maximum Gasteiger partial charge on any atom is 0.100 e. The van der Waals surface area contributed by atoms with Gasteiger partial charge >= 0.3 is 0 Å². The van der Waals surface area contributed by atoms with Crippen LogP contribution in [0, 0.1) is 11.3 Å². The van der Waals surface area contributed by atoms with Gasteiger partial charge in [0.2, 0.25) is 0 Å². The Morgan fingerprint density at radius 1 is 1.31 bits per heavy atom. The quantitative estimate of drug-likeness (QED) is 0.455. The number of hydrogen-bond donors (Lipinski definition) is 0. The number of alkyl halides is 1. The minimum atomic E-state index is -0.629. The van der Waals surface area contributed by atoms with Gasteiger partial charge in [-0.1, -0.05) is 40.2 Å². The first-order valence-corrected chi connectivity index (χ1v) is 6.74. The molecule has 0 rings (SSSR count). The van der Waals surface area contributed by atoms with E-state index in [4.69, 9.17) is 0 Å². The summed E-state index contributed by atoms with van der Waals surface area (Å²) in [4.78, 5) is 0. The van der Waals surface area contributed by atoms with Crippen LogP contribution in [0.2, 0.25) is 0 Å². The lowest BCUT2D eigenvalue weighted by molar-refractivity contribution is 0.156. The lowest BCUT2D eigenvalue weighted by atomic mass is 9.75. The molecule has 0 aromatic heterocycles. The van der Waals surface area contributed by atoms with Crippen molar-refractivity contribution in [2.45, 2.75) is 72.4 Å². The van der Waals surface area contributed by atoms with E-state index in [0.717, 1.165) is 32.1 Å². The predicted octanol–water partition coefficient (Wildman–Crippen LogP) is 5.53. The summed E-state index contributed by atoms with van der Waals surface area (Å²) in [5, 5.41) is 0. The zero-order valence-corrected chi connectivity index (χ0v) is 11.6. The van der Waals surface area contributed by atoms with Crippen LogP contribution < -0.4 is 0 Å². The average molecular weight is 228 g/mol. The van der Waals surface area contributed by atoms with Crippen LogP contribution in [0.3, 0.4) is 0 Å². The van der Waals surface area contributed by atoms with Crippen LogP contribution in [0.1, 0.15) is 66.2 Å². The Labute approximate surface area is 101 Å². The zero-order valence-electron chi connectivity index (χ0n) is 11.6. The highest BCUT2D eigenvalue weighted by atomic mass is 19.1. The van der Waals surface area contributed by atoms with Gasteiger partial charge in [0, 0.05) is 0 Å². The molecular weight excluding hydrogens is 199 g/mol. The molecule has 16 heavy (non-hydrogen) atoms. The van der Waals surface area contributed by atoms with E-state index in [1.807, 2.05) is 13.0 Å². The molecule has 0 fully saturated rings. The molecule has 0 radical (unpaired) electrons. The van der Waals surface area contributed by atoms with Crippen LogP contribution in [-0.4, -0.2) is 6.17 Å². The maximum absolute atomic E-state index is 13.5. The van der Waals surface area contributed by atoms with Gasteiger partial charge < -0.3 is 0 Å². The van der Waals surface area contributed by atoms with Gasteiger partial charge in [-0.15, -0.1) is 6.58 Å². The third-order valence-electron chi connectivity index (χ3n) is 3.62. The number of allylic oxidation sites excluding steroid dienone is 1. The van der Waals surface area contributed by atoms with Crippen molar-refractivity contribution in [2.75, 3.05) is 0 Å². The Morgan fingerprint density at radius 3 is 2.38 bits per heavy atom. The van der Waals surface area contributed by atoms with Crippen molar-refractivity contribution in [3.8, 4) is 0 Å². The summed E-state index contributed by atoms with van der Waals surface area (Å²) in [5.41, 5.74) is 0.182. The minimum absolute atomic E-state index is 0.182. The Hall–Kier alpha value is -0.330. The fourth-order valence-electron chi connectivity index (χ4n) is 2.31. The maximum atomic E-state index is 13.5. The summed E-state index contributed by atoms with van der Waals surface area (Å²) in [5.74, 6) is 0.552. The normalized spacial score (nSPS) is 18.8. The van der Waals surface area contributed by atoms with Gasteiger partial charge in [0.1, 0.15) is 6.17 Å². The second kappa shape index (κ2) is 7.86. The van der Waals surface area contributed by atoms with Crippen molar-refractivity contribution in [1.29, 1.82) is 0 Å². The summed E-state index contributed by atoms with van der Waals surface area (Å²) in [7, 11) is 0. The van der Waals surface area contributed by atoms with Crippen molar-refractivity contribution < 1.29 is 4.39 Å². The van der Waals surface area contributed by atoms with E-state index in [0.29, 0.717) is 12.3 Å². The lowest BCUT2D eigenvalue weighted by Crippen LogP contribution is -2.22. The Morgan fingerprint density at radius 2 is 1.94 bits per heavy atom. The van der Waals surface area contributed by atoms with E-state index >= 15 is 0 Å². The van der Waals surface area contributed by atoms with Crippen molar-refractivity contribution in [1.82, 2.24) is 0 Å². The van der Waals surface area contributed by atoms with Gasteiger partial charge in [-0.25, -0.2) is 4.39 Å². The summed E-state index contributed by atoms with van der Waals surface area (Å²) in [6.45, 7) is 12.4. The van der Waals surface area contributed by atoms with Gasteiger partial charge in [0.25, 0.3) is 0 Å². The molecule has 0 nitrogen and oxygen atoms in total. The first-order valence-electron chi connectivity index (χ1n) is 6.74. The topological polar surface area (TPSA) is 0 Å². The molecule has 0 aromatic carbocycles. The van der Waals surface area contributed by atoms with Crippen LogP contribution in [-0.2, 0) is 0 Å². The largest absolute Gasteiger partial charge is 0.247 e. The summed E-state index contributed by atoms with van der Waals surface area (Å²) in [6, 6.07) is 0. The van der Waals surface area contributed by atoms with Gasteiger partial charge in [-0.3, -0.25) is 0 Å². The monoisotopic (exact) mass is 228 g/mol. The Kier molecular flexibility index (Phi) is 7.70. The standard InChI is InChI=1S/C15H29F/c1-6-10-15(5,12-14(16)8-3)11-9-13(4)7-2/h7,13-14H,2,6,8-12H2,1,3-5H3/t13-,14+,15+/m0/s1. The van der Waals surface area contributed by atoms with E-state index in [1.165, 1.54) is 0 Å². The van der Waals surface area contributed by atoms with Crippen LogP contribution in [0.4, 0.5) is 4.39 Å². The number of hydrogen-bond acceptors (Lipinski definition) is 0. The summed E-state index contributed by atoms with van der Waals surface area (Å²) in [6.07, 6.45) is 7.28. The zero-order chi connectivity index (χ0) is 12.6. The number of rotatable bonds is 9. The van der Waals surface area contributed by atoms with Crippen molar-refractivity contribution >= 4 is 0 Å². The molecule has 0 saturated carbocycles. The first kappa shape index (κ1) is 15.7. The Bertz CT molecular complexity index is 188. The van der Waals surface area contributed by atoms with Gasteiger partial charge in [0.05, 0.1) is 0 Å². The second-order valence-corrected chi connectivity index (χ2v) is 5.52. The third-order valence-corrected chi connectivity index (χ3v) is 3.62. The van der Waals surface area contributed by atoms with E-state index in [9.17, 15) is 4.39 Å². The average Bonchev–Trinajstić information content (AvgIpc) is 2.26. The molecule has 3 atom stereocenters. The highest BCUT2D eigenvalue weighted by Crippen LogP contribution is 2.37. The van der Waals surface area contributed by atoms with Gasteiger partial charge in [0.15, 0.2) is 0 Å². The molecule has 0 bridgehead atoms. The van der Waals surface area contributed by atoms with Crippen molar-refractivity contribution in [3.63, 3.8) is 0 Å².